The van der Waals surface area contributed by atoms with E-state index in [1.54, 1.807) is 26.0 Å². The molecule has 0 unspecified atom stereocenters. The molecule has 0 saturated heterocycles. The standard InChI is InChI=1S/C14H29.C8H10O3S.Na/c1-3-5-7-9-11-13-14-12-10-8-6-4-2;1-6-4-3-5-8(7(6)2)12(9,10)11;/h1,3-14H2,2H3;3-5H,1-2H3,(H,9,10,11);/q-1;;+1. The molecule has 5 heteroatoms. The Hall–Kier alpha value is 0.130. The van der Waals surface area contributed by atoms with E-state index < -0.39 is 10.1 Å². The van der Waals surface area contributed by atoms with Crippen molar-refractivity contribution in [3.05, 3.63) is 36.2 Å². The quantitative estimate of drug-likeness (QED) is 0.246. The second kappa shape index (κ2) is 18.2. The van der Waals surface area contributed by atoms with Crippen molar-refractivity contribution >= 4 is 10.1 Å². The van der Waals surface area contributed by atoms with E-state index in [2.05, 4.69) is 13.8 Å². The minimum absolute atomic E-state index is 0. The fraction of sp³-hybridized carbons (Fsp3) is 0.682. The van der Waals surface area contributed by atoms with E-state index in [1.165, 1.54) is 76.7 Å². The van der Waals surface area contributed by atoms with Gasteiger partial charge in [-0.25, -0.2) is 0 Å². The molecule has 0 aromatic heterocycles. The Morgan fingerprint density at radius 1 is 0.852 bits per heavy atom. The first-order valence-corrected chi connectivity index (χ1v) is 11.6. The second-order valence-corrected chi connectivity index (χ2v) is 8.45. The van der Waals surface area contributed by atoms with Crippen molar-refractivity contribution in [2.75, 3.05) is 0 Å². The predicted molar refractivity (Wildman–Crippen MR) is 112 cm³/mol. The Morgan fingerprint density at radius 3 is 1.67 bits per heavy atom. The molecule has 1 rings (SSSR count). The zero-order valence-electron chi connectivity index (χ0n) is 18.1. The van der Waals surface area contributed by atoms with Gasteiger partial charge in [-0.1, -0.05) is 89.7 Å². The Bertz CT molecular complexity index is 559. The molecule has 0 bridgehead atoms. The van der Waals surface area contributed by atoms with Crippen LogP contribution in [0.15, 0.2) is 23.1 Å². The van der Waals surface area contributed by atoms with E-state index in [4.69, 9.17) is 4.55 Å². The Kier molecular flexibility index (Phi) is 19.7. The molecule has 152 valence electrons. The number of hydrogen-bond acceptors (Lipinski definition) is 2. The first-order valence-electron chi connectivity index (χ1n) is 10.2. The zero-order valence-corrected chi connectivity index (χ0v) is 20.9. The number of unbranched alkanes of at least 4 members (excludes halogenated alkanes) is 11. The van der Waals surface area contributed by atoms with Gasteiger partial charge < -0.3 is 6.92 Å². The summed E-state index contributed by atoms with van der Waals surface area (Å²) in [7, 11) is -4.06. The summed E-state index contributed by atoms with van der Waals surface area (Å²) in [6, 6.07) is 4.78. The van der Waals surface area contributed by atoms with E-state index in [9.17, 15) is 8.42 Å². The average molecular weight is 407 g/mol. The number of hydrogen-bond donors (Lipinski definition) is 1. The molecule has 27 heavy (non-hydrogen) atoms. The van der Waals surface area contributed by atoms with Crippen LogP contribution >= 0.6 is 0 Å². The Morgan fingerprint density at radius 2 is 1.30 bits per heavy atom. The van der Waals surface area contributed by atoms with Gasteiger partial charge in [0.2, 0.25) is 0 Å². The minimum atomic E-state index is -4.06. The SMILES string of the molecule is Cc1cccc(S(=O)(=O)O)c1C.[CH2-]CCCCCCCCCCCCC.[Na+]. The molecule has 0 fully saturated rings. The van der Waals surface area contributed by atoms with Crippen LogP contribution in [0.2, 0.25) is 0 Å². The fourth-order valence-electron chi connectivity index (χ4n) is 2.84. The van der Waals surface area contributed by atoms with Crippen molar-refractivity contribution in [3.8, 4) is 0 Å². The van der Waals surface area contributed by atoms with Crippen LogP contribution in [0.3, 0.4) is 0 Å². The molecule has 0 atom stereocenters. The van der Waals surface area contributed by atoms with Crippen molar-refractivity contribution in [1.29, 1.82) is 0 Å². The summed E-state index contributed by atoms with van der Waals surface area (Å²) < 4.78 is 30.3. The summed E-state index contributed by atoms with van der Waals surface area (Å²) in [6.07, 6.45) is 16.9. The van der Waals surface area contributed by atoms with Crippen LogP contribution in [-0.2, 0) is 10.1 Å². The van der Waals surface area contributed by atoms with Crippen LogP contribution < -0.4 is 29.6 Å². The summed E-state index contributed by atoms with van der Waals surface area (Å²) in [5.41, 5.74) is 1.45. The van der Waals surface area contributed by atoms with Gasteiger partial charge in [0.1, 0.15) is 0 Å². The van der Waals surface area contributed by atoms with Gasteiger partial charge in [-0.15, -0.1) is 0 Å². The molecule has 0 heterocycles. The van der Waals surface area contributed by atoms with Gasteiger partial charge >= 0.3 is 29.6 Å². The van der Waals surface area contributed by atoms with E-state index in [1.807, 2.05) is 0 Å². The maximum atomic E-state index is 10.8. The number of rotatable bonds is 12. The maximum Gasteiger partial charge on any atom is 1.00 e. The van der Waals surface area contributed by atoms with Gasteiger partial charge in [-0.3, -0.25) is 4.55 Å². The van der Waals surface area contributed by atoms with Crippen LogP contribution in [0, 0.1) is 20.8 Å². The van der Waals surface area contributed by atoms with Gasteiger partial charge in [-0.05, 0) is 31.0 Å². The van der Waals surface area contributed by atoms with E-state index in [0.717, 1.165) is 12.0 Å². The number of benzene rings is 1. The predicted octanol–water partition coefficient (Wildman–Crippen LogP) is 4.08. The topological polar surface area (TPSA) is 54.4 Å². The second-order valence-electron chi connectivity index (χ2n) is 7.06. The van der Waals surface area contributed by atoms with Crippen LogP contribution in [0.25, 0.3) is 0 Å². The molecule has 3 nitrogen and oxygen atoms in total. The summed E-state index contributed by atoms with van der Waals surface area (Å²) in [5, 5.41) is 0. The molecule has 1 aromatic carbocycles. The molecule has 0 saturated carbocycles. The van der Waals surface area contributed by atoms with E-state index in [0.29, 0.717) is 5.56 Å². The van der Waals surface area contributed by atoms with Crippen molar-refractivity contribution < 1.29 is 42.5 Å². The number of aryl methyl sites for hydroxylation is 1. The minimum Gasteiger partial charge on any atom is -0.343 e. The largest absolute Gasteiger partial charge is 1.00 e. The van der Waals surface area contributed by atoms with Crippen LogP contribution in [-0.4, -0.2) is 13.0 Å². The van der Waals surface area contributed by atoms with Gasteiger partial charge in [0, 0.05) is 0 Å². The van der Waals surface area contributed by atoms with Crippen molar-refractivity contribution in [2.24, 2.45) is 0 Å². The van der Waals surface area contributed by atoms with E-state index in [-0.39, 0.29) is 34.5 Å². The molecule has 0 amide bonds. The van der Waals surface area contributed by atoms with Gasteiger partial charge in [0.25, 0.3) is 10.1 Å². The summed E-state index contributed by atoms with van der Waals surface area (Å²) in [6.45, 7) is 9.60. The van der Waals surface area contributed by atoms with Crippen LogP contribution in [0.1, 0.15) is 95.1 Å². The smallest absolute Gasteiger partial charge is 0.343 e. The van der Waals surface area contributed by atoms with Crippen LogP contribution in [0.4, 0.5) is 0 Å². The normalized spacial score (nSPS) is 10.7. The average Bonchev–Trinajstić information content (AvgIpc) is 2.58. The summed E-state index contributed by atoms with van der Waals surface area (Å²) in [5.74, 6) is 0. The molecule has 1 aromatic rings. The van der Waals surface area contributed by atoms with Gasteiger partial charge in [0.15, 0.2) is 0 Å². The Labute approximate surface area is 190 Å². The molecule has 0 radical (unpaired) electrons. The van der Waals surface area contributed by atoms with Crippen molar-refractivity contribution in [2.45, 2.75) is 103 Å². The molecule has 0 aliphatic carbocycles. The van der Waals surface area contributed by atoms with Crippen molar-refractivity contribution in [3.63, 3.8) is 0 Å². The van der Waals surface area contributed by atoms with Crippen LogP contribution in [0.5, 0.6) is 0 Å². The third kappa shape index (κ3) is 15.7. The summed E-state index contributed by atoms with van der Waals surface area (Å²) in [4.78, 5) is -0.0116. The zero-order chi connectivity index (χ0) is 19.8. The molecule has 1 N–H and O–H groups in total. The van der Waals surface area contributed by atoms with Gasteiger partial charge in [0.05, 0.1) is 4.90 Å². The molecule has 0 spiro atoms. The molecule has 0 aliphatic rings. The molecular weight excluding hydrogens is 367 g/mol. The first-order chi connectivity index (χ1) is 12.3. The third-order valence-electron chi connectivity index (χ3n) is 4.69. The summed E-state index contributed by atoms with van der Waals surface area (Å²) >= 11 is 0. The first kappa shape index (κ1) is 29.3. The fourth-order valence-corrected chi connectivity index (χ4v) is 3.64. The monoisotopic (exact) mass is 406 g/mol. The van der Waals surface area contributed by atoms with Gasteiger partial charge in [-0.2, -0.15) is 14.8 Å². The molecule has 0 aliphatic heterocycles. The maximum absolute atomic E-state index is 10.8. The van der Waals surface area contributed by atoms with Crippen molar-refractivity contribution in [1.82, 2.24) is 0 Å². The third-order valence-corrected chi connectivity index (χ3v) is 5.68. The van der Waals surface area contributed by atoms with E-state index >= 15 is 0 Å². The molecular formula is C22H39NaO3S. The Balaban J connectivity index is 0.